The molecule has 1 aromatic carbocycles. The van der Waals surface area contributed by atoms with Crippen LogP contribution in [0.15, 0.2) is 18.2 Å². The Kier molecular flexibility index (Phi) is 6.22. The Morgan fingerprint density at radius 2 is 1.89 bits per heavy atom. The lowest BCUT2D eigenvalue weighted by molar-refractivity contribution is -0.124. The van der Waals surface area contributed by atoms with E-state index >= 15 is 0 Å². The molecule has 0 unspecified atom stereocenters. The van der Waals surface area contributed by atoms with Gasteiger partial charge in [-0.15, -0.1) is 0 Å². The van der Waals surface area contributed by atoms with Crippen LogP contribution >= 0.6 is 0 Å². The molecular weight excluding hydrogens is 358 g/mol. The van der Waals surface area contributed by atoms with Crippen LogP contribution in [0.5, 0.6) is 11.5 Å². The third-order valence-corrected chi connectivity index (χ3v) is 6.30. The number of amides is 1. The van der Waals surface area contributed by atoms with Crippen LogP contribution in [0.1, 0.15) is 32.1 Å². The molecule has 1 saturated heterocycles. The number of piperazine rings is 1. The van der Waals surface area contributed by atoms with Gasteiger partial charge in [0.05, 0.1) is 5.69 Å². The number of rotatable bonds is 6. The van der Waals surface area contributed by atoms with Crippen molar-refractivity contribution >= 4 is 11.6 Å². The van der Waals surface area contributed by atoms with Gasteiger partial charge in [-0.05, 0) is 56.7 Å². The fraction of sp³-hybridized carbons (Fsp3) is 0.667. The molecule has 154 valence electrons. The second kappa shape index (κ2) is 9.01. The fourth-order valence-corrected chi connectivity index (χ4v) is 4.61. The van der Waals surface area contributed by atoms with E-state index in [2.05, 4.69) is 21.2 Å². The highest BCUT2D eigenvalue weighted by Gasteiger charge is 2.26. The highest BCUT2D eigenvalue weighted by atomic mass is 16.7. The summed E-state index contributed by atoms with van der Waals surface area (Å²) >= 11 is 0. The highest BCUT2D eigenvalue weighted by molar-refractivity contribution is 5.77. The van der Waals surface area contributed by atoms with Crippen molar-refractivity contribution in [3.05, 3.63) is 18.2 Å². The van der Waals surface area contributed by atoms with Gasteiger partial charge in [0, 0.05) is 32.2 Å². The van der Waals surface area contributed by atoms with Crippen molar-refractivity contribution in [2.24, 2.45) is 5.92 Å². The number of para-hydroxylation sites is 1. The summed E-state index contributed by atoms with van der Waals surface area (Å²) in [5.74, 6) is 2.25. The number of nitrogens with zero attached hydrogens (tertiary/aromatic N) is 2. The van der Waals surface area contributed by atoms with Gasteiger partial charge in [0.2, 0.25) is 12.7 Å². The van der Waals surface area contributed by atoms with Gasteiger partial charge in [-0.3, -0.25) is 9.69 Å². The van der Waals surface area contributed by atoms with E-state index in [1.807, 2.05) is 12.1 Å². The zero-order valence-electron chi connectivity index (χ0n) is 16.4. The molecule has 0 radical (unpaired) electrons. The molecule has 2 N–H and O–H groups in total. The van der Waals surface area contributed by atoms with Crippen molar-refractivity contribution in [1.82, 2.24) is 10.2 Å². The summed E-state index contributed by atoms with van der Waals surface area (Å²) in [6.07, 6.45) is 5.64. The van der Waals surface area contributed by atoms with E-state index in [1.54, 1.807) is 0 Å². The Bertz CT molecular complexity index is 668. The van der Waals surface area contributed by atoms with Crippen molar-refractivity contribution in [1.29, 1.82) is 0 Å². The number of hydrogen-bond donors (Lipinski definition) is 2. The smallest absolute Gasteiger partial charge is 0.245 e. The van der Waals surface area contributed by atoms with E-state index in [9.17, 15) is 4.79 Å². The lowest BCUT2D eigenvalue weighted by Crippen LogP contribution is -2.47. The van der Waals surface area contributed by atoms with Gasteiger partial charge in [-0.2, -0.15) is 0 Å². The fourth-order valence-electron chi connectivity index (χ4n) is 4.61. The van der Waals surface area contributed by atoms with E-state index in [0.717, 1.165) is 68.7 Å². The third-order valence-electron chi connectivity index (χ3n) is 6.30. The second-order valence-corrected chi connectivity index (χ2v) is 8.07. The van der Waals surface area contributed by atoms with Crippen LogP contribution in [-0.2, 0) is 4.79 Å². The largest absolute Gasteiger partial charge is 0.454 e. The third kappa shape index (κ3) is 4.52. The van der Waals surface area contributed by atoms with Gasteiger partial charge < -0.3 is 24.8 Å². The molecule has 3 aliphatic rings. The SMILES string of the molecule is O=C(CO)NC1CCC(CCN2CCN(c3cccc4c3OCO4)CC2)CC1. The number of benzene rings is 1. The zero-order valence-corrected chi connectivity index (χ0v) is 16.4. The number of carbonyl (C=O) groups excluding carboxylic acids is 1. The van der Waals surface area contributed by atoms with Crippen molar-refractivity contribution in [2.45, 2.75) is 38.1 Å². The van der Waals surface area contributed by atoms with Crippen molar-refractivity contribution in [3.8, 4) is 11.5 Å². The maximum absolute atomic E-state index is 11.3. The minimum atomic E-state index is -0.406. The molecule has 2 heterocycles. The van der Waals surface area contributed by atoms with Gasteiger partial charge in [0.1, 0.15) is 6.61 Å². The standard InChI is InChI=1S/C21H31N3O4/c25-14-20(26)22-17-6-4-16(5-7-17)8-9-23-10-12-24(13-11-23)18-2-1-3-19-21(18)28-15-27-19/h1-3,16-17,25H,4-15H2,(H,22,26). The highest BCUT2D eigenvalue weighted by Crippen LogP contribution is 2.41. The summed E-state index contributed by atoms with van der Waals surface area (Å²) in [7, 11) is 0. The molecule has 0 bridgehead atoms. The summed E-state index contributed by atoms with van der Waals surface area (Å²) in [6, 6.07) is 6.37. The topological polar surface area (TPSA) is 74.3 Å². The van der Waals surface area contributed by atoms with Gasteiger partial charge in [-0.1, -0.05) is 6.07 Å². The van der Waals surface area contributed by atoms with Crippen LogP contribution < -0.4 is 19.7 Å². The normalized spacial score (nSPS) is 25.0. The lowest BCUT2D eigenvalue weighted by atomic mass is 9.84. The molecule has 1 aliphatic carbocycles. The van der Waals surface area contributed by atoms with Gasteiger partial charge in [0.25, 0.3) is 0 Å². The van der Waals surface area contributed by atoms with Gasteiger partial charge in [-0.25, -0.2) is 0 Å². The summed E-state index contributed by atoms with van der Waals surface area (Å²) in [5, 5.41) is 11.8. The number of aliphatic hydroxyl groups excluding tert-OH is 1. The second-order valence-electron chi connectivity index (χ2n) is 8.07. The van der Waals surface area contributed by atoms with Crippen LogP contribution in [0.3, 0.4) is 0 Å². The van der Waals surface area contributed by atoms with Crippen molar-refractivity contribution < 1.29 is 19.4 Å². The van der Waals surface area contributed by atoms with E-state index in [0.29, 0.717) is 6.79 Å². The molecule has 0 aromatic heterocycles. The molecule has 7 nitrogen and oxygen atoms in total. The molecule has 0 atom stereocenters. The van der Waals surface area contributed by atoms with Gasteiger partial charge >= 0.3 is 0 Å². The first-order valence-electron chi connectivity index (χ1n) is 10.5. The maximum Gasteiger partial charge on any atom is 0.245 e. The van der Waals surface area contributed by atoms with Crippen LogP contribution in [0, 0.1) is 5.92 Å². The molecule has 0 spiro atoms. The maximum atomic E-state index is 11.3. The molecule has 1 aromatic rings. The van der Waals surface area contributed by atoms with Crippen LogP contribution in [0.25, 0.3) is 0 Å². The molecule has 2 aliphatic heterocycles. The van der Waals surface area contributed by atoms with Crippen LogP contribution in [-0.4, -0.2) is 68.1 Å². The predicted octanol–water partition coefficient (Wildman–Crippen LogP) is 1.59. The summed E-state index contributed by atoms with van der Waals surface area (Å²) in [5.41, 5.74) is 1.15. The predicted molar refractivity (Wildman–Crippen MR) is 107 cm³/mol. The first kappa shape index (κ1) is 19.3. The summed E-state index contributed by atoms with van der Waals surface area (Å²) in [6.45, 7) is 5.24. The molecule has 28 heavy (non-hydrogen) atoms. The zero-order chi connectivity index (χ0) is 19.3. The van der Waals surface area contributed by atoms with E-state index in [-0.39, 0.29) is 11.9 Å². The molecule has 1 saturated carbocycles. The van der Waals surface area contributed by atoms with E-state index in [1.165, 1.54) is 19.3 Å². The Morgan fingerprint density at radius 3 is 2.64 bits per heavy atom. The number of fused-ring (bicyclic) bond motifs is 1. The number of anilines is 1. The first-order valence-corrected chi connectivity index (χ1v) is 10.5. The van der Waals surface area contributed by atoms with Crippen LogP contribution in [0.2, 0.25) is 0 Å². The Balaban J connectivity index is 1.18. The lowest BCUT2D eigenvalue weighted by Gasteiger charge is -2.37. The molecular formula is C21H31N3O4. The minimum absolute atomic E-state index is 0.248. The van der Waals surface area contributed by atoms with E-state index < -0.39 is 6.61 Å². The van der Waals surface area contributed by atoms with Crippen LogP contribution in [0.4, 0.5) is 5.69 Å². The molecule has 2 fully saturated rings. The molecule has 1 amide bonds. The number of ether oxygens (including phenoxy) is 2. The first-order chi connectivity index (χ1) is 13.7. The number of aliphatic hydroxyl groups is 1. The average Bonchev–Trinajstić information content (AvgIpc) is 3.22. The summed E-state index contributed by atoms with van der Waals surface area (Å²) in [4.78, 5) is 16.3. The van der Waals surface area contributed by atoms with E-state index in [4.69, 9.17) is 14.6 Å². The minimum Gasteiger partial charge on any atom is -0.454 e. The van der Waals surface area contributed by atoms with Crippen molar-refractivity contribution in [3.63, 3.8) is 0 Å². The molecule has 4 rings (SSSR count). The monoisotopic (exact) mass is 389 g/mol. The number of hydrogen-bond acceptors (Lipinski definition) is 6. The average molecular weight is 389 g/mol. The Hall–Kier alpha value is -1.99. The van der Waals surface area contributed by atoms with Crippen molar-refractivity contribution in [2.75, 3.05) is 51.0 Å². The van der Waals surface area contributed by atoms with Gasteiger partial charge in [0.15, 0.2) is 11.5 Å². The quantitative estimate of drug-likeness (QED) is 0.770. The Labute approximate surface area is 166 Å². The molecule has 7 heteroatoms. The Morgan fingerprint density at radius 1 is 1.11 bits per heavy atom. The summed E-state index contributed by atoms with van der Waals surface area (Å²) < 4.78 is 11.2. The number of nitrogens with one attached hydrogen (secondary N) is 1. The number of carbonyl (C=O) groups is 1.